The molecule has 6 atom stereocenters. The minimum Gasteiger partial charge on any atom is -0.462 e. The van der Waals surface area contributed by atoms with E-state index in [-0.39, 0.29) is 32.0 Å². The van der Waals surface area contributed by atoms with Gasteiger partial charge in [0.2, 0.25) is 0 Å². The molecule has 0 amide bonds. The Labute approximate surface area is 366 Å². The Morgan fingerprint density at radius 2 is 0.933 bits per heavy atom. The zero-order valence-electron chi connectivity index (χ0n) is 38.5. The molecule has 0 aromatic carbocycles. The van der Waals surface area contributed by atoms with Gasteiger partial charge in [-0.25, -0.2) is 0 Å². The Morgan fingerprint density at radius 3 is 1.42 bits per heavy atom. The maximum Gasteiger partial charge on any atom is 0.306 e. The second-order valence-electron chi connectivity index (χ2n) is 17.3. The van der Waals surface area contributed by atoms with Crippen LogP contribution in [0.1, 0.15) is 226 Å². The molecule has 0 aromatic rings. The Hall–Kier alpha value is -1.82. The highest BCUT2D eigenvalue weighted by Crippen LogP contribution is 2.23. The van der Waals surface area contributed by atoms with E-state index < -0.39 is 49.4 Å². The number of hydrogen-bond donors (Lipinski definition) is 4. The summed E-state index contributed by atoms with van der Waals surface area (Å²) >= 11 is 0. The summed E-state index contributed by atoms with van der Waals surface area (Å²) in [4.78, 5) is 25.4. The summed E-state index contributed by atoms with van der Waals surface area (Å²) in [5.74, 6) is -0.800. The van der Waals surface area contributed by atoms with Crippen molar-refractivity contribution in [1.29, 1.82) is 0 Å². The molecule has 1 saturated heterocycles. The monoisotopic (exact) mass is 853 g/mol. The van der Waals surface area contributed by atoms with Crippen molar-refractivity contribution in [3.05, 3.63) is 24.3 Å². The number of hydrogen-bond acceptors (Lipinski definition) is 10. The van der Waals surface area contributed by atoms with Crippen LogP contribution in [0.2, 0.25) is 0 Å². The van der Waals surface area contributed by atoms with Gasteiger partial charge in [-0.1, -0.05) is 192 Å². The summed E-state index contributed by atoms with van der Waals surface area (Å²) < 4.78 is 22.2. The van der Waals surface area contributed by atoms with Crippen molar-refractivity contribution < 1.29 is 49.0 Å². The lowest BCUT2D eigenvalue weighted by Gasteiger charge is -2.39. The smallest absolute Gasteiger partial charge is 0.306 e. The number of carbonyl (C=O) groups excluding carboxylic acids is 2. The van der Waals surface area contributed by atoms with Gasteiger partial charge in [0.15, 0.2) is 12.4 Å². The zero-order chi connectivity index (χ0) is 43.7. The lowest BCUT2D eigenvalue weighted by molar-refractivity contribution is -0.305. The van der Waals surface area contributed by atoms with Crippen molar-refractivity contribution in [2.45, 2.75) is 263 Å². The molecule has 1 heterocycles. The number of unbranched alkanes of at least 4 members (excludes halogenated alkanes) is 27. The van der Waals surface area contributed by atoms with E-state index in [1.165, 1.54) is 141 Å². The number of ether oxygens (including phenoxy) is 4. The summed E-state index contributed by atoms with van der Waals surface area (Å²) in [7, 11) is 0. The van der Waals surface area contributed by atoms with E-state index in [4.69, 9.17) is 18.9 Å². The fraction of sp³-hybridized carbons (Fsp3) is 0.880. The summed E-state index contributed by atoms with van der Waals surface area (Å²) in [6.45, 7) is 3.43. The van der Waals surface area contributed by atoms with Crippen LogP contribution in [-0.4, -0.2) is 89.0 Å². The Kier molecular flexibility index (Phi) is 38.6. The highest BCUT2D eigenvalue weighted by molar-refractivity contribution is 5.70. The van der Waals surface area contributed by atoms with Crippen molar-refractivity contribution in [3.8, 4) is 0 Å². The van der Waals surface area contributed by atoms with Gasteiger partial charge in [-0.2, -0.15) is 0 Å². The molecule has 0 aliphatic carbocycles. The molecule has 0 radical (unpaired) electrons. The van der Waals surface area contributed by atoms with E-state index in [9.17, 15) is 30.0 Å². The molecular formula is C50H92O10. The molecule has 352 valence electrons. The summed E-state index contributed by atoms with van der Waals surface area (Å²) in [6.07, 6.45) is 38.9. The van der Waals surface area contributed by atoms with Gasteiger partial charge in [0.1, 0.15) is 31.0 Å². The molecule has 10 nitrogen and oxygen atoms in total. The van der Waals surface area contributed by atoms with Gasteiger partial charge in [0.25, 0.3) is 0 Å². The fourth-order valence-electron chi connectivity index (χ4n) is 7.63. The largest absolute Gasteiger partial charge is 0.462 e. The van der Waals surface area contributed by atoms with Crippen LogP contribution in [0.25, 0.3) is 0 Å². The van der Waals surface area contributed by atoms with Crippen LogP contribution in [0.3, 0.4) is 0 Å². The first-order valence-corrected chi connectivity index (χ1v) is 24.9. The second kappa shape index (κ2) is 41.2. The Morgan fingerprint density at radius 1 is 0.517 bits per heavy atom. The van der Waals surface area contributed by atoms with Crippen LogP contribution in [0.4, 0.5) is 0 Å². The number of carbonyl (C=O) groups is 2. The van der Waals surface area contributed by atoms with Crippen molar-refractivity contribution in [2.24, 2.45) is 0 Å². The van der Waals surface area contributed by atoms with Crippen LogP contribution in [0.15, 0.2) is 24.3 Å². The first-order chi connectivity index (χ1) is 29.3. The number of rotatable bonds is 42. The van der Waals surface area contributed by atoms with E-state index in [1.54, 1.807) is 0 Å². The van der Waals surface area contributed by atoms with E-state index in [1.807, 2.05) is 0 Å². The third-order valence-corrected chi connectivity index (χ3v) is 11.6. The minimum absolute atomic E-state index is 0.215. The molecule has 1 aliphatic heterocycles. The lowest BCUT2D eigenvalue weighted by Crippen LogP contribution is -2.59. The maximum atomic E-state index is 12.8. The van der Waals surface area contributed by atoms with Crippen molar-refractivity contribution in [2.75, 3.05) is 19.8 Å². The van der Waals surface area contributed by atoms with Gasteiger partial charge in [-0.3, -0.25) is 9.59 Å². The average molecular weight is 853 g/mol. The van der Waals surface area contributed by atoms with Gasteiger partial charge in [-0.15, -0.1) is 0 Å². The predicted octanol–water partition coefficient (Wildman–Crippen LogP) is 11.3. The van der Waals surface area contributed by atoms with E-state index in [2.05, 4.69) is 38.2 Å². The number of allylic oxidation sites excluding steroid dienone is 4. The molecule has 2 unspecified atom stereocenters. The van der Waals surface area contributed by atoms with Crippen LogP contribution >= 0.6 is 0 Å². The molecule has 1 fully saturated rings. The summed E-state index contributed by atoms with van der Waals surface area (Å²) in [5.41, 5.74) is 0. The summed E-state index contributed by atoms with van der Waals surface area (Å²) in [5, 5.41) is 40.2. The number of esters is 2. The van der Waals surface area contributed by atoms with Crippen molar-refractivity contribution in [1.82, 2.24) is 0 Å². The van der Waals surface area contributed by atoms with Crippen LogP contribution < -0.4 is 0 Å². The highest BCUT2D eigenvalue weighted by Gasteiger charge is 2.44. The molecule has 0 aromatic heterocycles. The fourth-order valence-corrected chi connectivity index (χ4v) is 7.63. The zero-order valence-corrected chi connectivity index (χ0v) is 38.5. The SMILES string of the molecule is CCCCC/C=C/C/C=C/CCCCCCCCCCCC(=O)O[C@H](COC(=O)CCCCCCCCCCCCCCCCCC)CO[C@@H]1O[C@H](CO)[C@H](O)C(O)C1O. The molecule has 1 aliphatic rings. The third kappa shape index (κ3) is 31.9. The normalized spacial score (nSPS) is 20.0. The molecule has 0 spiro atoms. The Bertz CT molecular complexity index is 1030. The number of aliphatic hydroxyl groups excluding tert-OH is 4. The molecule has 0 bridgehead atoms. The molecule has 0 saturated carbocycles. The van der Waals surface area contributed by atoms with Crippen molar-refractivity contribution >= 4 is 11.9 Å². The minimum atomic E-state index is -1.59. The molecule has 4 N–H and O–H groups in total. The molecule has 60 heavy (non-hydrogen) atoms. The number of aliphatic hydroxyl groups is 4. The van der Waals surface area contributed by atoms with E-state index in [0.717, 1.165) is 51.4 Å². The van der Waals surface area contributed by atoms with Gasteiger partial charge >= 0.3 is 11.9 Å². The van der Waals surface area contributed by atoms with Gasteiger partial charge < -0.3 is 39.4 Å². The van der Waals surface area contributed by atoms with Crippen LogP contribution in [-0.2, 0) is 28.5 Å². The molecule has 1 rings (SSSR count). The van der Waals surface area contributed by atoms with Crippen molar-refractivity contribution in [3.63, 3.8) is 0 Å². The summed E-state index contributed by atoms with van der Waals surface area (Å²) in [6, 6.07) is 0. The first kappa shape index (κ1) is 56.2. The average Bonchev–Trinajstić information content (AvgIpc) is 3.25. The molecular weight excluding hydrogens is 761 g/mol. The topological polar surface area (TPSA) is 152 Å². The quantitative estimate of drug-likeness (QED) is 0.0265. The van der Waals surface area contributed by atoms with Crippen LogP contribution in [0.5, 0.6) is 0 Å². The van der Waals surface area contributed by atoms with Gasteiger partial charge in [-0.05, 0) is 44.9 Å². The van der Waals surface area contributed by atoms with Gasteiger partial charge in [0, 0.05) is 12.8 Å². The Balaban J connectivity index is 2.27. The second-order valence-corrected chi connectivity index (χ2v) is 17.3. The first-order valence-electron chi connectivity index (χ1n) is 24.9. The lowest BCUT2D eigenvalue weighted by atomic mass is 9.99. The van der Waals surface area contributed by atoms with E-state index in [0.29, 0.717) is 6.42 Å². The molecule has 10 heteroatoms. The standard InChI is InChI=1S/C50H92O10/c1-3-5-7-9-11-13-15-17-19-21-22-23-25-27-29-31-33-35-37-39-46(53)59-43(42-58-50-49(56)48(55)47(54)44(40-51)60-50)41-57-45(52)38-36-34-32-30-28-26-24-20-18-16-14-12-10-8-6-4-2/h11,13,17,19,43-44,47-51,54-56H,3-10,12,14-16,18,20-42H2,1-2H3/b13-11+,19-17+/t43-,44-,47+,48?,49?,50-/m1/s1. The maximum absolute atomic E-state index is 12.8. The highest BCUT2D eigenvalue weighted by atomic mass is 16.7. The van der Waals surface area contributed by atoms with Gasteiger partial charge in [0.05, 0.1) is 13.2 Å². The predicted molar refractivity (Wildman–Crippen MR) is 243 cm³/mol. The van der Waals surface area contributed by atoms with E-state index >= 15 is 0 Å². The van der Waals surface area contributed by atoms with Crippen LogP contribution in [0, 0.1) is 0 Å². The third-order valence-electron chi connectivity index (χ3n) is 11.6.